The number of amides is 1. The van der Waals surface area contributed by atoms with Gasteiger partial charge in [0.2, 0.25) is 0 Å². The van der Waals surface area contributed by atoms with Crippen LogP contribution >= 0.6 is 0 Å². The molecule has 2 rings (SSSR count). The summed E-state index contributed by atoms with van der Waals surface area (Å²) in [4.78, 5) is 26.3. The first-order chi connectivity index (χ1) is 17.9. The van der Waals surface area contributed by atoms with Crippen molar-refractivity contribution in [3.05, 3.63) is 52.1 Å². The number of unbranched alkanes of at least 4 members (excludes halogenated alkanes) is 6. The molecule has 0 radical (unpaired) electrons. The Balaban J connectivity index is 2.26. The quantitative estimate of drug-likeness (QED) is 0.128. The van der Waals surface area contributed by atoms with E-state index < -0.39 is 17.1 Å². The van der Waals surface area contributed by atoms with Crippen molar-refractivity contribution in [2.45, 2.75) is 78.2 Å². The summed E-state index contributed by atoms with van der Waals surface area (Å²) in [5, 5.41) is 11.8. The van der Waals surface area contributed by atoms with Crippen molar-refractivity contribution in [2.75, 3.05) is 27.3 Å². The summed E-state index contributed by atoms with van der Waals surface area (Å²) in [6.45, 7) is 7.25. The molecule has 2 aromatic rings. The van der Waals surface area contributed by atoms with Gasteiger partial charge in [0.25, 0.3) is 5.69 Å². The van der Waals surface area contributed by atoms with Gasteiger partial charge in [-0.25, -0.2) is 4.79 Å². The fraction of sp³-hybridized carbons (Fsp3) is 0.552. The van der Waals surface area contributed by atoms with Crippen molar-refractivity contribution in [3.63, 3.8) is 0 Å². The Morgan fingerprint density at radius 1 is 0.865 bits per heavy atom. The van der Waals surface area contributed by atoms with Crippen molar-refractivity contribution in [3.8, 4) is 22.6 Å². The number of nitro groups is 1. The Morgan fingerprint density at radius 3 is 1.97 bits per heavy atom. The topological polar surface area (TPSA) is 91.1 Å². The predicted octanol–water partition coefficient (Wildman–Crippen LogP) is 7.94. The van der Waals surface area contributed by atoms with E-state index in [0.717, 1.165) is 62.5 Å². The van der Waals surface area contributed by atoms with Crippen LogP contribution < -0.4 is 9.47 Å². The van der Waals surface area contributed by atoms with Crippen LogP contribution in [0.2, 0.25) is 0 Å². The van der Waals surface area contributed by atoms with E-state index in [1.165, 1.54) is 6.07 Å². The summed E-state index contributed by atoms with van der Waals surface area (Å²) in [6, 6.07) is 10.3. The molecule has 0 saturated carbocycles. The molecule has 8 nitrogen and oxygen atoms in total. The third-order valence-corrected chi connectivity index (χ3v) is 6.48. The van der Waals surface area contributed by atoms with Gasteiger partial charge in [-0.2, -0.15) is 0 Å². The number of carbonyl (C=O) groups is 1. The molecule has 0 heterocycles. The third kappa shape index (κ3) is 8.95. The first-order valence-electron chi connectivity index (χ1n) is 13.3. The zero-order valence-corrected chi connectivity index (χ0v) is 23.0. The summed E-state index contributed by atoms with van der Waals surface area (Å²) in [7, 11) is 3.12. The minimum absolute atomic E-state index is 0.0815. The van der Waals surface area contributed by atoms with Crippen molar-refractivity contribution < 1.29 is 23.9 Å². The summed E-state index contributed by atoms with van der Waals surface area (Å²) in [6.07, 6.45) is 7.24. The average molecular weight is 515 g/mol. The maximum Gasteiger partial charge on any atom is 0.410 e. The Labute approximate surface area is 221 Å². The second-order valence-electron chi connectivity index (χ2n) is 9.23. The number of hydrogen-bond acceptors (Lipinski definition) is 6. The molecule has 2 aromatic carbocycles. The fourth-order valence-corrected chi connectivity index (χ4v) is 4.28. The van der Waals surface area contributed by atoms with Crippen LogP contribution in [0, 0.1) is 10.1 Å². The third-order valence-electron chi connectivity index (χ3n) is 6.48. The lowest BCUT2D eigenvalue weighted by atomic mass is 9.99. The molecule has 0 aliphatic rings. The zero-order valence-electron chi connectivity index (χ0n) is 23.0. The highest BCUT2D eigenvalue weighted by Gasteiger charge is 2.25. The van der Waals surface area contributed by atoms with E-state index in [2.05, 4.69) is 13.8 Å². The van der Waals surface area contributed by atoms with Gasteiger partial charge in [0, 0.05) is 19.2 Å². The number of carbonyl (C=O) groups excluding carboxylic acids is 1. The van der Waals surface area contributed by atoms with Gasteiger partial charge in [0.05, 0.1) is 24.7 Å². The molecular formula is C29H42N2O6. The minimum atomic E-state index is -0.790. The first-order valence-corrected chi connectivity index (χ1v) is 13.3. The van der Waals surface area contributed by atoms with E-state index in [1.54, 1.807) is 44.2 Å². The maximum absolute atomic E-state index is 13.1. The Bertz CT molecular complexity index is 998. The van der Waals surface area contributed by atoms with Gasteiger partial charge in [-0.3, -0.25) is 10.1 Å². The molecule has 204 valence electrons. The fourth-order valence-electron chi connectivity index (χ4n) is 4.28. The van der Waals surface area contributed by atoms with Gasteiger partial charge in [-0.05, 0) is 55.2 Å². The van der Waals surface area contributed by atoms with Crippen LogP contribution in [0.25, 0.3) is 11.1 Å². The number of hydrogen-bond donors (Lipinski definition) is 0. The summed E-state index contributed by atoms with van der Waals surface area (Å²) >= 11 is 0. The van der Waals surface area contributed by atoms with Gasteiger partial charge in [-0.15, -0.1) is 0 Å². The number of nitrogens with zero attached hydrogens (tertiary/aromatic N) is 2. The molecule has 0 spiro atoms. The highest BCUT2D eigenvalue weighted by atomic mass is 16.6. The smallest absolute Gasteiger partial charge is 0.410 e. The van der Waals surface area contributed by atoms with E-state index >= 15 is 0 Å². The van der Waals surface area contributed by atoms with Gasteiger partial charge >= 0.3 is 6.09 Å². The molecular weight excluding hydrogens is 472 g/mol. The number of nitro benzene ring substituents is 1. The number of benzene rings is 2. The normalized spacial score (nSPS) is 11.6. The highest BCUT2D eigenvalue weighted by molar-refractivity contribution is 5.71. The standard InChI is InChI=1S/C29H42N2O6/c1-6-8-10-12-18-30(19-13-11-9-7-2)29(32)37-22(3)25-20-23(14-16-26(25)31(33)34)24-15-17-27(35-4)28(21-24)36-5/h14-17,20-22H,6-13,18-19H2,1-5H3. The van der Waals surface area contributed by atoms with Gasteiger partial charge < -0.3 is 19.1 Å². The maximum atomic E-state index is 13.1. The first kappa shape index (κ1) is 29.9. The summed E-state index contributed by atoms with van der Waals surface area (Å²) < 4.78 is 16.5. The molecule has 0 aromatic heterocycles. The molecule has 0 N–H and O–H groups in total. The number of methoxy groups -OCH3 is 2. The monoisotopic (exact) mass is 514 g/mol. The second kappa shape index (κ2) is 15.7. The number of rotatable bonds is 16. The Kier molecular flexibility index (Phi) is 12.7. The molecule has 1 amide bonds. The highest BCUT2D eigenvalue weighted by Crippen LogP contribution is 2.36. The molecule has 37 heavy (non-hydrogen) atoms. The molecule has 1 unspecified atom stereocenters. The largest absolute Gasteiger partial charge is 0.493 e. The van der Waals surface area contributed by atoms with Gasteiger partial charge in [-0.1, -0.05) is 58.4 Å². The molecule has 1 atom stereocenters. The van der Waals surface area contributed by atoms with E-state index in [4.69, 9.17) is 14.2 Å². The lowest BCUT2D eigenvalue weighted by Crippen LogP contribution is -2.34. The molecule has 0 fully saturated rings. The Hall–Kier alpha value is -3.29. The van der Waals surface area contributed by atoms with Gasteiger partial charge in [0.15, 0.2) is 11.5 Å². The van der Waals surface area contributed by atoms with Crippen LogP contribution in [0.5, 0.6) is 11.5 Å². The average Bonchev–Trinajstić information content (AvgIpc) is 2.91. The predicted molar refractivity (Wildman–Crippen MR) is 146 cm³/mol. The Morgan fingerprint density at radius 2 is 1.43 bits per heavy atom. The van der Waals surface area contributed by atoms with Crippen LogP contribution in [0.15, 0.2) is 36.4 Å². The number of ether oxygens (including phenoxy) is 3. The van der Waals surface area contributed by atoms with Crippen molar-refractivity contribution >= 4 is 11.8 Å². The lowest BCUT2D eigenvalue weighted by Gasteiger charge is -2.25. The van der Waals surface area contributed by atoms with Crippen molar-refractivity contribution in [2.24, 2.45) is 0 Å². The molecule has 0 saturated heterocycles. The minimum Gasteiger partial charge on any atom is -0.493 e. The van der Waals surface area contributed by atoms with E-state index in [1.807, 2.05) is 12.1 Å². The zero-order chi connectivity index (χ0) is 27.2. The van der Waals surface area contributed by atoms with Crippen LogP contribution in [0.3, 0.4) is 0 Å². The molecule has 0 aliphatic carbocycles. The molecule has 0 bridgehead atoms. The summed E-state index contributed by atoms with van der Waals surface area (Å²) in [5.41, 5.74) is 1.82. The van der Waals surface area contributed by atoms with E-state index in [9.17, 15) is 14.9 Å². The van der Waals surface area contributed by atoms with Crippen molar-refractivity contribution in [1.82, 2.24) is 4.90 Å². The second-order valence-corrected chi connectivity index (χ2v) is 9.23. The van der Waals surface area contributed by atoms with Crippen LogP contribution in [0.1, 0.15) is 83.8 Å². The van der Waals surface area contributed by atoms with E-state index in [-0.39, 0.29) is 5.69 Å². The van der Waals surface area contributed by atoms with Crippen LogP contribution in [-0.4, -0.2) is 43.2 Å². The van der Waals surface area contributed by atoms with Gasteiger partial charge in [0.1, 0.15) is 6.10 Å². The molecule has 0 aliphatic heterocycles. The SMILES string of the molecule is CCCCCCN(CCCCCC)C(=O)OC(C)c1cc(-c2ccc(OC)c(OC)c2)ccc1[N+](=O)[O-]. The van der Waals surface area contributed by atoms with Crippen molar-refractivity contribution in [1.29, 1.82) is 0 Å². The molecule has 8 heteroatoms. The van der Waals surface area contributed by atoms with Crippen LogP contribution in [0.4, 0.5) is 10.5 Å². The lowest BCUT2D eigenvalue weighted by molar-refractivity contribution is -0.386. The van der Waals surface area contributed by atoms with Crippen LogP contribution in [-0.2, 0) is 4.74 Å². The summed E-state index contributed by atoms with van der Waals surface area (Å²) in [5.74, 6) is 1.15. The van der Waals surface area contributed by atoms with E-state index in [0.29, 0.717) is 30.2 Å².